The van der Waals surface area contributed by atoms with Crippen molar-refractivity contribution in [2.75, 3.05) is 0 Å². The van der Waals surface area contributed by atoms with E-state index in [2.05, 4.69) is 0 Å². The van der Waals surface area contributed by atoms with E-state index in [9.17, 15) is 9.59 Å². The molecule has 1 unspecified atom stereocenters. The number of hydrogen-bond donors (Lipinski definition) is 1. The maximum atomic E-state index is 10.4. The van der Waals surface area contributed by atoms with Gasteiger partial charge >= 0.3 is 5.97 Å². The van der Waals surface area contributed by atoms with Crippen molar-refractivity contribution in [3.8, 4) is 5.75 Å². The lowest BCUT2D eigenvalue weighted by atomic mass is 10.3. The molecular formula is C9H8O4. The lowest BCUT2D eigenvalue weighted by molar-refractivity contribution is -0.147. The van der Waals surface area contributed by atoms with E-state index < -0.39 is 12.1 Å². The lowest BCUT2D eigenvalue weighted by Gasteiger charge is -2.07. The van der Waals surface area contributed by atoms with E-state index >= 15 is 0 Å². The third-order valence-electron chi connectivity index (χ3n) is 1.37. The first-order chi connectivity index (χ1) is 6.24. The second-order valence-corrected chi connectivity index (χ2v) is 2.33. The van der Waals surface area contributed by atoms with Gasteiger partial charge in [-0.2, -0.15) is 0 Å². The molecule has 13 heavy (non-hydrogen) atoms. The molecule has 0 saturated heterocycles. The Morgan fingerprint density at radius 3 is 2.46 bits per heavy atom. The first-order valence-corrected chi connectivity index (χ1v) is 3.64. The molecule has 1 atom stereocenters. The van der Waals surface area contributed by atoms with Gasteiger partial charge in [-0.05, 0) is 12.1 Å². The highest BCUT2D eigenvalue weighted by atomic mass is 16.5. The van der Waals surface area contributed by atoms with Gasteiger partial charge in [-0.1, -0.05) is 18.2 Å². The van der Waals surface area contributed by atoms with E-state index in [0.717, 1.165) is 0 Å². The summed E-state index contributed by atoms with van der Waals surface area (Å²) in [6.45, 7) is 0. The first kappa shape index (κ1) is 9.25. The van der Waals surface area contributed by atoms with Crippen molar-refractivity contribution in [2.45, 2.75) is 6.10 Å². The number of rotatable bonds is 4. The van der Waals surface area contributed by atoms with Gasteiger partial charge in [-0.15, -0.1) is 0 Å². The van der Waals surface area contributed by atoms with Gasteiger partial charge in [-0.25, -0.2) is 4.79 Å². The molecule has 0 heterocycles. The highest BCUT2D eigenvalue weighted by Crippen LogP contribution is 2.09. The summed E-state index contributed by atoms with van der Waals surface area (Å²) < 4.78 is 4.86. The maximum Gasteiger partial charge on any atom is 0.352 e. The summed E-state index contributed by atoms with van der Waals surface area (Å²) in [6, 6.07) is 8.32. The third-order valence-corrected chi connectivity index (χ3v) is 1.37. The number of carboxylic acid groups (broad SMARTS) is 1. The molecule has 1 rings (SSSR count). The van der Waals surface area contributed by atoms with Gasteiger partial charge in [0.2, 0.25) is 6.10 Å². The minimum atomic E-state index is -1.43. The monoisotopic (exact) mass is 180 g/mol. The number of benzene rings is 1. The van der Waals surface area contributed by atoms with Crippen LogP contribution in [0.1, 0.15) is 0 Å². The van der Waals surface area contributed by atoms with Crippen LogP contribution in [-0.4, -0.2) is 23.5 Å². The fraction of sp³-hybridized carbons (Fsp3) is 0.111. The van der Waals surface area contributed by atoms with Crippen LogP contribution in [0.5, 0.6) is 5.75 Å². The van der Waals surface area contributed by atoms with Crippen LogP contribution in [0.2, 0.25) is 0 Å². The minimum Gasteiger partial charge on any atom is -0.478 e. The van der Waals surface area contributed by atoms with Crippen LogP contribution >= 0.6 is 0 Å². The molecule has 1 N–H and O–H groups in total. The van der Waals surface area contributed by atoms with Crippen molar-refractivity contribution in [2.24, 2.45) is 0 Å². The highest BCUT2D eigenvalue weighted by molar-refractivity contribution is 5.89. The number of hydrogen-bond acceptors (Lipinski definition) is 3. The maximum absolute atomic E-state index is 10.4. The zero-order valence-corrected chi connectivity index (χ0v) is 6.71. The van der Waals surface area contributed by atoms with Crippen LogP contribution in [0, 0.1) is 0 Å². The van der Waals surface area contributed by atoms with Crippen LogP contribution in [0.3, 0.4) is 0 Å². The number of carbonyl (C=O) groups excluding carboxylic acids is 1. The molecule has 0 saturated carbocycles. The second kappa shape index (κ2) is 4.25. The van der Waals surface area contributed by atoms with E-state index in [-0.39, 0.29) is 6.29 Å². The van der Waals surface area contributed by atoms with Crippen LogP contribution in [0.4, 0.5) is 0 Å². The quantitative estimate of drug-likeness (QED) is 0.547. The van der Waals surface area contributed by atoms with Gasteiger partial charge in [0.25, 0.3) is 0 Å². The van der Waals surface area contributed by atoms with Crippen LogP contribution in [0.25, 0.3) is 0 Å². The van der Waals surface area contributed by atoms with E-state index in [4.69, 9.17) is 9.84 Å². The van der Waals surface area contributed by atoms with Gasteiger partial charge in [0.1, 0.15) is 5.75 Å². The molecule has 0 aromatic heterocycles. The average Bonchev–Trinajstić information content (AvgIpc) is 2.15. The third kappa shape index (κ3) is 2.59. The molecular weight excluding hydrogens is 172 g/mol. The number of para-hydroxylation sites is 1. The minimum absolute atomic E-state index is 0.245. The molecule has 68 valence electrons. The molecule has 0 spiro atoms. The molecule has 1 aromatic carbocycles. The molecule has 1 aromatic rings. The summed E-state index contributed by atoms with van der Waals surface area (Å²) in [5.41, 5.74) is 0. The summed E-state index contributed by atoms with van der Waals surface area (Å²) in [4.78, 5) is 20.6. The topological polar surface area (TPSA) is 63.6 Å². The van der Waals surface area contributed by atoms with Gasteiger partial charge in [0.05, 0.1) is 0 Å². The van der Waals surface area contributed by atoms with E-state index in [1.165, 1.54) is 0 Å². The van der Waals surface area contributed by atoms with Crippen molar-refractivity contribution < 1.29 is 19.4 Å². The molecule has 0 fully saturated rings. The van der Waals surface area contributed by atoms with Gasteiger partial charge < -0.3 is 9.84 Å². The highest BCUT2D eigenvalue weighted by Gasteiger charge is 2.17. The van der Waals surface area contributed by atoms with Gasteiger partial charge in [0, 0.05) is 0 Å². The number of carbonyl (C=O) groups is 2. The standard InChI is InChI=1S/C9H8O4/c10-6-8(9(11)12)13-7-4-2-1-3-5-7/h1-6,8H,(H,11,12). The van der Waals surface area contributed by atoms with Crippen molar-refractivity contribution in [1.82, 2.24) is 0 Å². The Kier molecular flexibility index (Phi) is 3.03. The molecule has 0 aliphatic heterocycles. The Morgan fingerprint density at radius 2 is 2.00 bits per heavy atom. The molecule has 4 nitrogen and oxygen atoms in total. The Morgan fingerprint density at radius 1 is 1.38 bits per heavy atom. The Balaban J connectivity index is 2.67. The van der Waals surface area contributed by atoms with Crippen molar-refractivity contribution in [3.05, 3.63) is 30.3 Å². The van der Waals surface area contributed by atoms with Crippen LogP contribution in [0.15, 0.2) is 30.3 Å². The summed E-state index contributed by atoms with van der Waals surface area (Å²) in [5.74, 6) is -0.930. The van der Waals surface area contributed by atoms with Crippen molar-refractivity contribution in [3.63, 3.8) is 0 Å². The normalized spacial score (nSPS) is 11.7. The number of carboxylic acids is 1. The van der Waals surface area contributed by atoms with Crippen LogP contribution < -0.4 is 4.74 Å². The molecule has 0 radical (unpaired) electrons. The summed E-state index contributed by atoms with van der Waals surface area (Å²) in [5, 5.41) is 8.48. The Hall–Kier alpha value is -1.84. The predicted octanol–water partition coefficient (Wildman–Crippen LogP) is 0.718. The Bertz CT molecular complexity index is 294. The van der Waals surface area contributed by atoms with E-state index in [1.807, 2.05) is 0 Å². The number of aldehydes is 1. The fourth-order valence-electron chi connectivity index (χ4n) is 0.782. The van der Waals surface area contributed by atoms with E-state index in [0.29, 0.717) is 5.75 Å². The summed E-state index contributed by atoms with van der Waals surface area (Å²) in [7, 11) is 0. The number of aliphatic carboxylic acids is 1. The molecule has 0 amide bonds. The molecule has 0 aliphatic rings. The smallest absolute Gasteiger partial charge is 0.352 e. The zero-order valence-electron chi connectivity index (χ0n) is 6.71. The zero-order chi connectivity index (χ0) is 9.68. The summed E-state index contributed by atoms with van der Waals surface area (Å²) in [6.07, 6.45) is -1.18. The average molecular weight is 180 g/mol. The second-order valence-electron chi connectivity index (χ2n) is 2.33. The first-order valence-electron chi connectivity index (χ1n) is 3.64. The van der Waals surface area contributed by atoms with Gasteiger partial charge in [0.15, 0.2) is 6.29 Å². The lowest BCUT2D eigenvalue weighted by Crippen LogP contribution is -2.28. The number of ether oxygens (including phenoxy) is 1. The van der Waals surface area contributed by atoms with Gasteiger partial charge in [-0.3, -0.25) is 4.79 Å². The van der Waals surface area contributed by atoms with E-state index in [1.54, 1.807) is 30.3 Å². The largest absolute Gasteiger partial charge is 0.478 e. The van der Waals surface area contributed by atoms with Crippen LogP contribution in [-0.2, 0) is 9.59 Å². The SMILES string of the molecule is O=CC(Oc1ccccc1)C(=O)O. The molecule has 4 heteroatoms. The molecule has 0 bridgehead atoms. The van der Waals surface area contributed by atoms with Crippen molar-refractivity contribution >= 4 is 12.3 Å². The van der Waals surface area contributed by atoms with Crippen molar-refractivity contribution in [1.29, 1.82) is 0 Å². The summed E-state index contributed by atoms with van der Waals surface area (Å²) >= 11 is 0. The predicted molar refractivity (Wildman–Crippen MR) is 44.6 cm³/mol. The molecule has 0 aliphatic carbocycles. The fourth-order valence-corrected chi connectivity index (χ4v) is 0.782. The Labute approximate surface area is 74.8 Å².